The molecule has 0 bridgehead atoms. The number of methoxy groups -OCH3 is 1. The predicted molar refractivity (Wildman–Crippen MR) is 249 cm³/mol. The quantitative estimate of drug-likeness (QED) is 0.0614. The summed E-state index contributed by atoms with van der Waals surface area (Å²) in [5.74, 6) is 0.462. The van der Waals surface area contributed by atoms with Crippen LogP contribution in [-0.2, 0) is 20.8 Å². The molecule has 3 unspecified atom stereocenters. The maximum atomic E-state index is 15.3. The van der Waals surface area contributed by atoms with E-state index in [9.17, 15) is 14.4 Å². The summed E-state index contributed by atoms with van der Waals surface area (Å²) in [6, 6.07) is 10.1. The van der Waals surface area contributed by atoms with Gasteiger partial charge in [0.1, 0.15) is 11.4 Å². The molecule has 60 heavy (non-hydrogen) atoms. The van der Waals surface area contributed by atoms with Gasteiger partial charge in [-0.3, -0.25) is 14.4 Å². The first-order valence-corrected chi connectivity index (χ1v) is 22.0. The van der Waals surface area contributed by atoms with Crippen LogP contribution in [0, 0.1) is 24.6 Å². The second kappa shape index (κ2) is 30.7. The molecule has 3 aromatic rings. The van der Waals surface area contributed by atoms with Gasteiger partial charge in [-0.15, -0.1) is 0 Å². The van der Waals surface area contributed by atoms with Crippen molar-refractivity contribution in [2.75, 3.05) is 39.7 Å². The highest BCUT2D eigenvalue weighted by Crippen LogP contribution is 2.44. The highest BCUT2D eigenvalue weighted by atomic mass is 35.5. The Morgan fingerprint density at radius 3 is 2.15 bits per heavy atom. The number of likely N-dealkylation sites (N-methyl/N-ethyl adjacent to an activating group) is 1. The number of anilines is 1. The summed E-state index contributed by atoms with van der Waals surface area (Å²) in [6.45, 7) is 20.9. The molecule has 4 rings (SSSR count). The number of fused-ring (bicyclic) bond motifs is 1. The topological polar surface area (TPSA) is 156 Å². The maximum Gasteiger partial charge on any atom is 0.260 e. The summed E-state index contributed by atoms with van der Waals surface area (Å²) in [7, 11) is 4.68. The normalized spacial score (nSPS) is 13.5. The van der Waals surface area contributed by atoms with Crippen molar-refractivity contribution in [2.24, 2.45) is 17.6 Å². The molecule has 1 heterocycles. The van der Waals surface area contributed by atoms with Crippen LogP contribution in [0.2, 0.25) is 5.02 Å². The van der Waals surface area contributed by atoms with E-state index in [0.717, 1.165) is 37.2 Å². The Labute approximate surface area is 365 Å². The van der Waals surface area contributed by atoms with E-state index >= 15 is 4.39 Å². The largest absolute Gasteiger partial charge is 0.481 e. The Hall–Kier alpha value is -4.32. The number of amides is 3. The minimum atomic E-state index is -0.654. The number of aromatic nitrogens is 1. The third-order valence-electron chi connectivity index (χ3n) is 10.2. The molecule has 1 aromatic heterocycles. The number of halogens is 2. The number of hydrogen-bond donors (Lipinski definition) is 5. The Morgan fingerprint density at radius 1 is 1.02 bits per heavy atom. The number of carbonyl (C=O) groups is 3. The monoisotopic (exact) mass is 856 g/mol. The van der Waals surface area contributed by atoms with Crippen molar-refractivity contribution in [3.05, 3.63) is 75.6 Å². The Kier molecular flexibility index (Phi) is 28.5. The van der Waals surface area contributed by atoms with Crippen LogP contribution in [0.15, 0.2) is 48.0 Å². The van der Waals surface area contributed by atoms with Gasteiger partial charge >= 0.3 is 0 Å². The van der Waals surface area contributed by atoms with Crippen LogP contribution in [0.3, 0.4) is 0 Å². The zero-order valence-corrected chi connectivity index (χ0v) is 39.5. The number of nitrogens with one attached hydrogen (secondary N) is 3. The molecule has 0 fully saturated rings. The van der Waals surface area contributed by atoms with Gasteiger partial charge in [0, 0.05) is 61.1 Å². The first kappa shape index (κ1) is 55.7. The predicted octanol–water partition coefficient (Wildman–Crippen LogP) is 10.6. The summed E-state index contributed by atoms with van der Waals surface area (Å²) in [5.41, 5.74) is 10.5. The Bertz CT molecular complexity index is 1800. The number of unbranched alkanes of at least 4 members (excludes halogenated alkanes) is 1. The molecular formula is C48H75ClFN5O5. The average Bonchev–Trinajstić information content (AvgIpc) is 3.66. The van der Waals surface area contributed by atoms with Crippen molar-refractivity contribution in [1.82, 2.24) is 15.6 Å². The van der Waals surface area contributed by atoms with E-state index in [1.807, 2.05) is 46.8 Å². The standard InChI is InChI=1S/C29H30ClFN4O3.C8H18.C6H13NO.C3H8O.C2H6/c1-15-8-9-17-14-23(35-29(38-4)24(15)17)18-6-5-7-19(26(18)30)25-16(2)22(11-10-21(25)31)34-28(37)20(12-13-32)27(36)33-3;1-4-6-7-8(3)5-2;1-4-5(2)6(8)7-3;1-2-3-4;1-2/h5-7,10-12,14-15H,8-9,13,32H2,1-4H3,(H,33,36)(H,34,37);8H,4-7H2,1-3H3;5H,4H2,1-3H3,(H,7,8);4H,2-3H2,1H3;1-2H3/b20-12+;;;;. The van der Waals surface area contributed by atoms with E-state index < -0.39 is 17.6 Å². The van der Waals surface area contributed by atoms with Crippen molar-refractivity contribution in [3.63, 3.8) is 0 Å². The molecule has 0 radical (unpaired) electrons. The molecule has 1 aliphatic carbocycles. The zero-order valence-electron chi connectivity index (χ0n) is 38.7. The Balaban J connectivity index is 0.00000130. The number of aliphatic hydroxyl groups is 1. The maximum absolute atomic E-state index is 15.3. The number of aliphatic hydroxyl groups excluding tert-OH is 1. The highest BCUT2D eigenvalue weighted by molar-refractivity contribution is 6.36. The molecule has 0 saturated carbocycles. The fourth-order valence-electron chi connectivity index (χ4n) is 6.11. The SMILES string of the molecule is CC.CCC(C)C(=O)NC.CCCCC(C)CC.CCCO.CNC(=O)/C(=C\CN)C(=O)Nc1ccc(F)c(-c2cccc(-c3cc4c(c(OC)n3)C(C)CC4)c2Cl)c1C. The molecule has 6 N–H and O–H groups in total. The molecule has 2 aromatic carbocycles. The van der Waals surface area contributed by atoms with Gasteiger partial charge in [-0.25, -0.2) is 9.37 Å². The number of carbonyl (C=O) groups excluding carboxylic acids is 3. The number of rotatable bonds is 14. The number of pyridine rings is 1. The lowest BCUT2D eigenvalue weighted by molar-refractivity contribution is -0.124. The van der Waals surface area contributed by atoms with E-state index in [4.69, 9.17) is 32.2 Å². The number of ether oxygens (including phenoxy) is 1. The first-order valence-electron chi connectivity index (χ1n) is 21.6. The second-order valence-corrected chi connectivity index (χ2v) is 14.9. The van der Waals surface area contributed by atoms with Crippen LogP contribution < -0.4 is 26.4 Å². The van der Waals surface area contributed by atoms with E-state index in [1.165, 1.54) is 56.5 Å². The summed E-state index contributed by atoms with van der Waals surface area (Å²) < 4.78 is 20.9. The van der Waals surface area contributed by atoms with Crippen LogP contribution in [0.1, 0.15) is 130 Å². The van der Waals surface area contributed by atoms with E-state index in [1.54, 1.807) is 33.2 Å². The van der Waals surface area contributed by atoms with Crippen LogP contribution in [0.4, 0.5) is 10.1 Å². The fourth-order valence-corrected chi connectivity index (χ4v) is 6.43. The average molecular weight is 857 g/mol. The van der Waals surface area contributed by atoms with E-state index in [0.29, 0.717) is 51.5 Å². The highest BCUT2D eigenvalue weighted by Gasteiger charge is 2.27. The molecule has 0 aliphatic heterocycles. The molecule has 1 aliphatic rings. The van der Waals surface area contributed by atoms with Crippen molar-refractivity contribution in [1.29, 1.82) is 0 Å². The van der Waals surface area contributed by atoms with Gasteiger partial charge in [0.15, 0.2) is 0 Å². The summed E-state index contributed by atoms with van der Waals surface area (Å²) in [5, 5.41) is 15.9. The van der Waals surface area contributed by atoms with Gasteiger partial charge in [-0.2, -0.15) is 0 Å². The van der Waals surface area contributed by atoms with Crippen molar-refractivity contribution in [2.45, 2.75) is 127 Å². The third-order valence-corrected chi connectivity index (χ3v) is 10.6. The smallest absolute Gasteiger partial charge is 0.260 e. The lowest BCUT2D eigenvalue weighted by Crippen LogP contribution is -2.29. The molecular weight excluding hydrogens is 781 g/mol. The van der Waals surface area contributed by atoms with Gasteiger partial charge in [-0.1, -0.05) is 124 Å². The lowest BCUT2D eigenvalue weighted by atomic mass is 9.95. The minimum absolute atomic E-state index is 0.00660. The van der Waals surface area contributed by atoms with Gasteiger partial charge in [0.2, 0.25) is 11.8 Å². The molecule has 0 saturated heterocycles. The molecule has 0 spiro atoms. The number of nitrogens with zero attached hydrogens (tertiary/aromatic N) is 1. The van der Waals surface area contributed by atoms with Crippen LogP contribution in [-0.4, -0.2) is 62.2 Å². The van der Waals surface area contributed by atoms with Crippen LogP contribution in [0.5, 0.6) is 5.88 Å². The van der Waals surface area contributed by atoms with Gasteiger partial charge in [0.25, 0.3) is 11.8 Å². The van der Waals surface area contributed by atoms with Crippen molar-refractivity contribution in [3.8, 4) is 28.3 Å². The molecule has 3 atom stereocenters. The fraction of sp³-hybridized carbons (Fsp3) is 0.542. The molecule has 3 amide bonds. The number of nitrogens with two attached hydrogens (primary N) is 1. The third kappa shape index (κ3) is 17.0. The molecule has 12 heteroatoms. The van der Waals surface area contributed by atoms with E-state index in [2.05, 4.69) is 43.6 Å². The first-order chi connectivity index (χ1) is 28.7. The second-order valence-electron chi connectivity index (χ2n) is 14.5. The zero-order chi connectivity index (χ0) is 45.9. The van der Waals surface area contributed by atoms with Gasteiger partial charge in [0.05, 0.1) is 17.8 Å². The molecule has 336 valence electrons. The van der Waals surface area contributed by atoms with Crippen molar-refractivity contribution >= 4 is 35.0 Å². The van der Waals surface area contributed by atoms with Crippen LogP contribution in [0.25, 0.3) is 22.4 Å². The summed E-state index contributed by atoms with van der Waals surface area (Å²) in [4.78, 5) is 40.3. The number of aryl methyl sites for hydroxylation is 1. The number of hydrogen-bond acceptors (Lipinski definition) is 7. The minimum Gasteiger partial charge on any atom is -0.481 e. The lowest BCUT2D eigenvalue weighted by Gasteiger charge is -2.17. The van der Waals surface area contributed by atoms with Crippen molar-refractivity contribution < 1.29 is 28.6 Å². The van der Waals surface area contributed by atoms with Gasteiger partial charge in [-0.05, 0) is 73.8 Å². The van der Waals surface area contributed by atoms with Crippen LogP contribution >= 0.6 is 11.6 Å². The molecule has 10 nitrogen and oxygen atoms in total. The number of benzene rings is 2. The van der Waals surface area contributed by atoms with Gasteiger partial charge < -0.3 is 31.5 Å². The summed E-state index contributed by atoms with van der Waals surface area (Å²) in [6.07, 6.45) is 10.6. The summed E-state index contributed by atoms with van der Waals surface area (Å²) >= 11 is 6.90. The van der Waals surface area contributed by atoms with E-state index in [-0.39, 0.29) is 29.5 Å². The Morgan fingerprint density at radius 2 is 1.65 bits per heavy atom.